The van der Waals surface area contributed by atoms with E-state index in [4.69, 9.17) is 27.9 Å². The number of rotatable bonds is 5. The van der Waals surface area contributed by atoms with E-state index >= 15 is 0 Å². The Labute approximate surface area is 158 Å². The molecule has 1 saturated heterocycles. The van der Waals surface area contributed by atoms with E-state index in [0.29, 0.717) is 28.4 Å². The van der Waals surface area contributed by atoms with Gasteiger partial charge in [0, 0.05) is 55.7 Å². The third kappa shape index (κ3) is 4.98. The monoisotopic (exact) mass is 387 g/mol. The van der Waals surface area contributed by atoms with Crippen molar-refractivity contribution in [1.82, 2.24) is 15.2 Å². The fraction of sp³-hybridized carbons (Fsp3) is 0.353. The molecule has 1 aliphatic heterocycles. The molecule has 130 valence electrons. The smallest absolute Gasteiger partial charge is 0.139 e. The minimum Gasteiger partial charge on any atom is -0.491 e. The molecule has 0 aliphatic carbocycles. The lowest BCUT2D eigenvalue weighted by atomic mass is 10.1. The SMILES string of the molecule is Cl.Clc1ccc(Cl)c(OCCN2CCNCC2c2cccnc2)c1. The van der Waals surface area contributed by atoms with E-state index in [1.54, 1.807) is 24.4 Å². The first-order valence-electron chi connectivity index (χ1n) is 7.66. The van der Waals surface area contributed by atoms with Crippen molar-refractivity contribution < 1.29 is 4.74 Å². The maximum atomic E-state index is 6.13. The summed E-state index contributed by atoms with van der Waals surface area (Å²) in [6.07, 6.45) is 3.73. The van der Waals surface area contributed by atoms with Gasteiger partial charge in [-0.15, -0.1) is 12.4 Å². The average Bonchev–Trinajstić information content (AvgIpc) is 2.59. The molecule has 2 aromatic rings. The second kappa shape index (κ2) is 9.44. The summed E-state index contributed by atoms with van der Waals surface area (Å²) in [6.45, 7) is 4.27. The molecule has 1 unspecified atom stereocenters. The van der Waals surface area contributed by atoms with E-state index in [-0.39, 0.29) is 12.4 Å². The molecule has 7 heteroatoms. The van der Waals surface area contributed by atoms with Gasteiger partial charge in [0.05, 0.1) is 5.02 Å². The van der Waals surface area contributed by atoms with Gasteiger partial charge < -0.3 is 10.1 Å². The van der Waals surface area contributed by atoms with Gasteiger partial charge in [0.15, 0.2) is 0 Å². The van der Waals surface area contributed by atoms with Crippen LogP contribution in [0.2, 0.25) is 10.0 Å². The first kappa shape index (κ1) is 19.3. The Morgan fingerprint density at radius 2 is 2.17 bits per heavy atom. The maximum absolute atomic E-state index is 6.13. The van der Waals surface area contributed by atoms with Crippen LogP contribution in [0.5, 0.6) is 5.75 Å². The summed E-state index contributed by atoms with van der Waals surface area (Å²) < 4.78 is 5.81. The summed E-state index contributed by atoms with van der Waals surface area (Å²) in [4.78, 5) is 6.63. The molecular formula is C17H20Cl3N3O. The number of benzene rings is 1. The molecule has 24 heavy (non-hydrogen) atoms. The minimum atomic E-state index is 0. The number of nitrogens with one attached hydrogen (secondary N) is 1. The number of hydrogen-bond acceptors (Lipinski definition) is 4. The fourth-order valence-corrected chi connectivity index (χ4v) is 3.11. The molecule has 1 fully saturated rings. The molecular weight excluding hydrogens is 369 g/mol. The van der Waals surface area contributed by atoms with Crippen LogP contribution in [0.15, 0.2) is 42.7 Å². The minimum absolute atomic E-state index is 0. The van der Waals surface area contributed by atoms with Crippen LogP contribution in [-0.2, 0) is 0 Å². The topological polar surface area (TPSA) is 37.4 Å². The van der Waals surface area contributed by atoms with Crippen molar-refractivity contribution in [2.24, 2.45) is 0 Å². The number of hydrogen-bond donors (Lipinski definition) is 1. The Hall–Kier alpha value is -1.04. The van der Waals surface area contributed by atoms with Crippen molar-refractivity contribution >= 4 is 35.6 Å². The highest BCUT2D eigenvalue weighted by Gasteiger charge is 2.23. The average molecular weight is 389 g/mol. The Bertz CT molecular complexity index is 642. The van der Waals surface area contributed by atoms with Gasteiger partial charge in [-0.05, 0) is 23.8 Å². The summed E-state index contributed by atoms with van der Waals surface area (Å²) >= 11 is 12.1. The summed E-state index contributed by atoms with van der Waals surface area (Å²) in [7, 11) is 0. The van der Waals surface area contributed by atoms with Crippen LogP contribution < -0.4 is 10.1 Å². The summed E-state index contributed by atoms with van der Waals surface area (Å²) in [5, 5.41) is 4.65. The predicted octanol–water partition coefficient (Wildman–Crippen LogP) is 3.84. The van der Waals surface area contributed by atoms with E-state index in [9.17, 15) is 0 Å². The molecule has 4 nitrogen and oxygen atoms in total. The second-order valence-corrected chi connectivity index (χ2v) is 6.31. The molecule has 0 radical (unpaired) electrons. The molecule has 1 N–H and O–H groups in total. The number of halogens is 3. The van der Waals surface area contributed by atoms with Gasteiger partial charge in [-0.25, -0.2) is 0 Å². The van der Waals surface area contributed by atoms with Gasteiger partial charge in [0.25, 0.3) is 0 Å². The summed E-state index contributed by atoms with van der Waals surface area (Å²) in [6, 6.07) is 9.67. The van der Waals surface area contributed by atoms with Crippen LogP contribution >= 0.6 is 35.6 Å². The Morgan fingerprint density at radius 1 is 1.29 bits per heavy atom. The number of pyridine rings is 1. The molecule has 1 aromatic heterocycles. The lowest BCUT2D eigenvalue weighted by Gasteiger charge is -2.36. The highest BCUT2D eigenvalue weighted by atomic mass is 35.5. The van der Waals surface area contributed by atoms with Crippen molar-refractivity contribution in [3.63, 3.8) is 0 Å². The third-order valence-corrected chi connectivity index (χ3v) is 4.50. The summed E-state index contributed by atoms with van der Waals surface area (Å²) in [5.41, 5.74) is 1.22. The molecule has 0 spiro atoms. The highest BCUT2D eigenvalue weighted by molar-refractivity contribution is 6.34. The molecule has 3 rings (SSSR count). The number of nitrogens with zero attached hydrogens (tertiary/aromatic N) is 2. The van der Waals surface area contributed by atoms with Crippen LogP contribution in [0.3, 0.4) is 0 Å². The highest BCUT2D eigenvalue weighted by Crippen LogP contribution is 2.28. The number of aromatic nitrogens is 1. The van der Waals surface area contributed by atoms with Crippen molar-refractivity contribution in [2.45, 2.75) is 6.04 Å². The van der Waals surface area contributed by atoms with Crippen LogP contribution in [0.4, 0.5) is 0 Å². The van der Waals surface area contributed by atoms with E-state index in [0.717, 1.165) is 26.2 Å². The Balaban J connectivity index is 0.00000208. The zero-order valence-electron chi connectivity index (χ0n) is 13.1. The maximum Gasteiger partial charge on any atom is 0.139 e. The van der Waals surface area contributed by atoms with Gasteiger partial charge in [-0.2, -0.15) is 0 Å². The molecule has 0 bridgehead atoms. The van der Waals surface area contributed by atoms with Crippen molar-refractivity contribution in [3.8, 4) is 5.75 Å². The van der Waals surface area contributed by atoms with E-state index < -0.39 is 0 Å². The molecule has 1 aliphatic rings. The lowest BCUT2D eigenvalue weighted by Crippen LogP contribution is -2.47. The molecule has 0 saturated carbocycles. The Morgan fingerprint density at radius 3 is 2.96 bits per heavy atom. The molecule has 2 heterocycles. The van der Waals surface area contributed by atoms with E-state index in [2.05, 4.69) is 21.3 Å². The fourth-order valence-electron chi connectivity index (χ4n) is 2.78. The van der Waals surface area contributed by atoms with E-state index in [1.165, 1.54) is 5.56 Å². The van der Waals surface area contributed by atoms with Crippen LogP contribution in [0.1, 0.15) is 11.6 Å². The van der Waals surface area contributed by atoms with Gasteiger partial charge in [0.1, 0.15) is 12.4 Å². The quantitative estimate of drug-likeness (QED) is 0.844. The van der Waals surface area contributed by atoms with Crippen LogP contribution in [-0.4, -0.2) is 42.7 Å². The molecule has 1 atom stereocenters. The van der Waals surface area contributed by atoms with Gasteiger partial charge in [-0.3, -0.25) is 9.88 Å². The standard InChI is InChI=1S/C17H19Cl2N3O.ClH/c18-14-3-4-15(19)17(10-14)23-9-8-22-7-6-21-12-16(22)13-2-1-5-20-11-13;/h1-5,10-11,16,21H,6-9,12H2;1H. The normalized spacial score (nSPS) is 18.0. The van der Waals surface area contributed by atoms with Crippen LogP contribution in [0, 0.1) is 0 Å². The number of piperazine rings is 1. The number of ether oxygens (including phenoxy) is 1. The van der Waals surface area contributed by atoms with Gasteiger partial charge in [-0.1, -0.05) is 29.3 Å². The first-order valence-corrected chi connectivity index (χ1v) is 8.42. The Kier molecular flexibility index (Phi) is 7.59. The molecule has 0 amide bonds. The van der Waals surface area contributed by atoms with Crippen molar-refractivity contribution in [3.05, 3.63) is 58.3 Å². The van der Waals surface area contributed by atoms with Gasteiger partial charge >= 0.3 is 0 Å². The van der Waals surface area contributed by atoms with Crippen LogP contribution in [0.25, 0.3) is 0 Å². The largest absolute Gasteiger partial charge is 0.491 e. The molecule has 1 aromatic carbocycles. The zero-order chi connectivity index (χ0) is 16.1. The predicted molar refractivity (Wildman–Crippen MR) is 101 cm³/mol. The zero-order valence-corrected chi connectivity index (χ0v) is 15.4. The summed E-state index contributed by atoms with van der Waals surface area (Å²) in [5.74, 6) is 0.632. The van der Waals surface area contributed by atoms with Crippen molar-refractivity contribution in [2.75, 3.05) is 32.8 Å². The third-order valence-electron chi connectivity index (χ3n) is 3.95. The second-order valence-electron chi connectivity index (χ2n) is 5.47. The van der Waals surface area contributed by atoms with Gasteiger partial charge in [0.2, 0.25) is 0 Å². The lowest BCUT2D eigenvalue weighted by molar-refractivity contribution is 0.134. The van der Waals surface area contributed by atoms with E-state index in [1.807, 2.05) is 12.3 Å². The van der Waals surface area contributed by atoms with Crippen molar-refractivity contribution in [1.29, 1.82) is 0 Å². The first-order chi connectivity index (χ1) is 11.2.